The molecule has 11 heteroatoms. The highest BCUT2D eigenvalue weighted by atomic mass is 32.1. The average molecular weight is 422 g/mol. The standard InChI is InChI=1S/C18H22N4O6S/c1-6-12-16(17(23)27-5)29-18(20-12)21-19-9-11-7-13(22(24)25)15(28-10(2)3)14(8-11)26-4/h7-10H,6H2,1-5H3,(H,20,21)/b19-9-. The van der Waals surface area contributed by atoms with Gasteiger partial charge in [0.25, 0.3) is 0 Å². The molecular formula is C18H22N4O6S. The number of thiazole rings is 1. The van der Waals surface area contributed by atoms with Crippen molar-refractivity contribution in [1.29, 1.82) is 0 Å². The predicted molar refractivity (Wildman–Crippen MR) is 109 cm³/mol. The highest BCUT2D eigenvalue weighted by Crippen LogP contribution is 2.38. The molecule has 0 radical (unpaired) electrons. The minimum Gasteiger partial charge on any atom is -0.493 e. The van der Waals surface area contributed by atoms with Crippen LogP contribution in [0.4, 0.5) is 10.8 Å². The maximum Gasteiger partial charge on any atom is 0.350 e. The number of hydrogen-bond donors (Lipinski definition) is 1. The van der Waals surface area contributed by atoms with E-state index in [1.165, 1.54) is 26.5 Å². The number of ether oxygens (including phenoxy) is 3. The Balaban J connectivity index is 2.29. The number of carbonyl (C=O) groups is 1. The Kier molecular flexibility index (Phi) is 7.48. The van der Waals surface area contributed by atoms with Crippen molar-refractivity contribution in [2.75, 3.05) is 19.6 Å². The fourth-order valence-corrected chi connectivity index (χ4v) is 3.30. The molecule has 10 nitrogen and oxygen atoms in total. The van der Waals surface area contributed by atoms with Gasteiger partial charge in [0.2, 0.25) is 10.9 Å². The van der Waals surface area contributed by atoms with E-state index in [1.54, 1.807) is 19.9 Å². The quantitative estimate of drug-likeness (QED) is 0.281. The van der Waals surface area contributed by atoms with Gasteiger partial charge in [0.1, 0.15) is 4.88 Å². The summed E-state index contributed by atoms with van der Waals surface area (Å²) in [5.74, 6) is -0.171. The maximum absolute atomic E-state index is 11.8. The summed E-state index contributed by atoms with van der Waals surface area (Å²) in [6, 6.07) is 2.92. The molecule has 2 rings (SSSR count). The van der Waals surface area contributed by atoms with Gasteiger partial charge >= 0.3 is 11.7 Å². The number of nitro groups is 1. The van der Waals surface area contributed by atoms with Crippen molar-refractivity contribution >= 4 is 34.3 Å². The first-order chi connectivity index (χ1) is 13.8. The van der Waals surface area contributed by atoms with E-state index < -0.39 is 10.9 Å². The van der Waals surface area contributed by atoms with Gasteiger partial charge in [-0.25, -0.2) is 9.78 Å². The predicted octanol–water partition coefficient (Wildman–Crippen LogP) is 3.64. The third-order valence-electron chi connectivity index (χ3n) is 3.60. The zero-order valence-corrected chi connectivity index (χ0v) is 17.5. The first-order valence-electron chi connectivity index (χ1n) is 8.70. The van der Waals surface area contributed by atoms with Crippen molar-refractivity contribution < 1.29 is 23.9 Å². The highest BCUT2D eigenvalue weighted by molar-refractivity contribution is 7.17. The van der Waals surface area contributed by atoms with Crippen molar-refractivity contribution in [3.63, 3.8) is 0 Å². The second-order valence-electron chi connectivity index (χ2n) is 6.01. The minimum atomic E-state index is -0.540. The Morgan fingerprint density at radius 2 is 2.14 bits per heavy atom. The molecule has 0 amide bonds. The lowest BCUT2D eigenvalue weighted by atomic mass is 10.2. The number of hydrogen-bond acceptors (Lipinski definition) is 10. The van der Waals surface area contributed by atoms with Crippen LogP contribution in [0, 0.1) is 10.1 Å². The van der Waals surface area contributed by atoms with Gasteiger partial charge in [-0.2, -0.15) is 5.10 Å². The number of rotatable bonds is 9. The lowest BCUT2D eigenvalue weighted by molar-refractivity contribution is -0.386. The van der Waals surface area contributed by atoms with E-state index in [-0.39, 0.29) is 23.3 Å². The van der Waals surface area contributed by atoms with Crippen molar-refractivity contribution in [1.82, 2.24) is 4.98 Å². The summed E-state index contributed by atoms with van der Waals surface area (Å²) in [4.78, 5) is 27.4. The zero-order valence-electron chi connectivity index (χ0n) is 16.7. The molecule has 1 aromatic carbocycles. The zero-order chi connectivity index (χ0) is 21.6. The number of aromatic nitrogens is 1. The van der Waals surface area contributed by atoms with Gasteiger partial charge in [-0.3, -0.25) is 15.5 Å². The molecule has 0 bridgehead atoms. The molecule has 0 fully saturated rings. The molecule has 0 aliphatic carbocycles. The number of aryl methyl sites for hydroxylation is 1. The molecular weight excluding hydrogens is 400 g/mol. The number of anilines is 1. The molecule has 0 atom stereocenters. The van der Waals surface area contributed by atoms with Crippen LogP contribution in [0.5, 0.6) is 11.5 Å². The van der Waals surface area contributed by atoms with E-state index >= 15 is 0 Å². The van der Waals surface area contributed by atoms with Gasteiger partial charge in [0.15, 0.2) is 5.75 Å². The van der Waals surface area contributed by atoms with E-state index in [1.807, 2.05) is 6.92 Å². The summed E-state index contributed by atoms with van der Waals surface area (Å²) in [5.41, 5.74) is 3.53. The van der Waals surface area contributed by atoms with Crippen LogP contribution < -0.4 is 14.9 Å². The number of hydrazone groups is 1. The van der Waals surface area contributed by atoms with Crippen molar-refractivity contribution in [3.05, 3.63) is 38.4 Å². The van der Waals surface area contributed by atoms with E-state index in [0.717, 1.165) is 11.3 Å². The molecule has 0 aliphatic heterocycles. The van der Waals surface area contributed by atoms with Gasteiger partial charge in [0, 0.05) is 11.6 Å². The van der Waals surface area contributed by atoms with Crippen LogP contribution in [0.1, 0.15) is 41.7 Å². The summed E-state index contributed by atoms with van der Waals surface area (Å²) >= 11 is 1.11. The van der Waals surface area contributed by atoms with Crippen LogP contribution in [0.2, 0.25) is 0 Å². The smallest absolute Gasteiger partial charge is 0.350 e. The lowest BCUT2D eigenvalue weighted by Gasteiger charge is -2.14. The Bertz CT molecular complexity index is 925. The molecule has 1 heterocycles. The topological polar surface area (TPSA) is 125 Å². The van der Waals surface area contributed by atoms with E-state index in [4.69, 9.17) is 14.2 Å². The number of nitrogens with zero attached hydrogens (tertiary/aromatic N) is 3. The molecule has 29 heavy (non-hydrogen) atoms. The van der Waals surface area contributed by atoms with Gasteiger partial charge in [-0.05, 0) is 26.3 Å². The molecule has 1 aromatic heterocycles. The first-order valence-corrected chi connectivity index (χ1v) is 9.52. The second-order valence-corrected chi connectivity index (χ2v) is 7.00. The maximum atomic E-state index is 11.8. The third-order valence-corrected chi connectivity index (χ3v) is 4.59. The molecule has 0 aliphatic rings. The molecule has 0 unspecified atom stereocenters. The average Bonchev–Trinajstić information content (AvgIpc) is 3.10. The summed E-state index contributed by atoms with van der Waals surface area (Å²) in [6.45, 7) is 5.41. The fraction of sp³-hybridized carbons (Fsp3) is 0.389. The molecule has 2 aromatic rings. The van der Waals surface area contributed by atoms with E-state index in [9.17, 15) is 14.9 Å². The number of methoxy groups -OCH3 is 2. The fourth-order valence-electron chi connectivity index (χ4n) is 2.38. The second kappa shape index (κ2) is 9.82. The summed E-state index contributed by atoms with van der Waals surface area (Å²) < 4.78 is 15.5. The van der Waals surface area contributed by atoms with Crippen LogP contribution >= 0.6 is 11.3 Å². The SMILES string of the molecule is CCc1nc(N/N=C\c2cc(OC)c(OC(C)C)c([N+](=O)[O-])c2)sc1C(=O)OC. The van der Waals surface area contributed by atoms with Crippen LogP contribution in [0.3, 0.4) is 0 Å². The molecule has 156 valence electrons. The van der Waals surface area contributed by atoms with Crippen molar-refractivity contribution in [2.45, 2.75) is 33.3 Å². The largest absolute Gasteiger partial charge is 0.493 e. The third kappa shape index (κ3) is 5.41. The van der Waals surface area contributed by atoms with Crippen LogP contribution in [0.25, 0.3) is 0 Å². The van der Waals surface area contributed by atoms with E-state index in [0.29, 0.717) is 27.7 Å². The van der Waals surface area contributed by atoms with Gasteiger partial charge in [0.05, 0.1) is 37.2 Å². The summed E-state index contributed by atoms with van der Waals surface area (Å²) in [6.07, 6.45) is 1.69. The van der Waals surface area contributed by atoms with Gasteiger partial charge in [-0.1, -0.05) is 18.3 Å². The molecule has 0 saturated heterocycles. The number of carbonyl (C=O) groups excluding carboxylic acids is 1. The lowest BCUT2D eigenvalue weighted by Crippen LogP contribution is -2.09. The normalized spacial score (nSPS) is 11.0. The molecule has 0 saturated carbocycles. The monoisotopic (exact) mass is 422 g/mol. The summed E-state index contributed by atoms with van der Waals surface area (Å²) in [7, 11) is 2.71. The Labute approximate surface area is 171 Å². The first kappa shape index (κ1) is 22.1. The Morgan fingerprint density at radius 1 is 1.41 bits per heavy atom. The number of benzene rings is 1. The van der Waals surface area contributed by atoms with E-state index in [2.05, 4.69) is 15.5 Å². The van der Waals surface area contributed by atoms with Crippen molar-refractivity contribution in [2.24, 2.45) is 5.10 Å². The highest BCUT2D eigenvalue weighted by Gasteiger charge is 2.23. The van der Waals surface area contributed by atoms with Crippen LogP contribution in [0.15, 0.2) is 17.2 Å². The number of esters is 1. The van der Waals surface area contributed by atoms with Crippen LogP contribution in [-0.4, -0.2) is 42.4 Å². The minimum absolute atomic E-state index is 0.0628. The number of nitro benzene ring substituents is 1. The van der Waals surface area contributed by atoms with Gasteiger partial charge in [-0.15, -0.1) is 0 Å². The summed E-state index contributed by atoms with van der Waals surface area (Å²) in [5, 5.41) is 15.9. The number of nitrogens with one attached hydrogen (secondary N) is 1. The van der Waals surface area contributed by atoms with Crippen LogP contribution in [-0.2, 0) is 11.2 Å². The Hall–Kier alpha value is -3.21. The molecule has 0 spiro atoms. The van der Waals surface area contributed by atoms with Crippen molar-refractivity contribution in [3.8, 4) is 11.5 Å². The van der Waals surface area contributed by atoms with Gasteiger partial charge < -0.3 is 14.2 Å². The molecule has 1 N–H and O–H groups in total. The Morgan fingerprint density at radius 3 is 2.69 bits per heavy atom.